The molecule has 1 N–H and O–H groups in total. The minimum atomic E-state index is 0.354. The van der Waals surface area contributed by atoms with E-state index in [0.717, 1.165) is 13.2 Å². The molecule has 0 aliphatic carbocycles. The number of nitrogens with one attached hydrogen (secondary N) is 1. The molecule has 2 nitrogen and oxygen atoms in total. The van der Waals surface area contributed by atoms with Gasteiger partial charge in [0.05, 0.1) is 6.10 Å². The third-order valence-electron chi connectivity index (χ3n) is 3.81. The molecule has 104 valence electrons. The number of anilines is 1. The first-order valence-corrected chi connectivity index (χ1v) is 7.43. The molecule has 20 heavy (non-hydrogen) atoms. The van der Waals surface area contributed by atoms with Gasteiger partial charge in [-0.15, -0.1) is 0 Å². The van der Waals surface area contributed by atoms with Crippen LogP contribution in [0.15, 0.2) is 54.6 Å². The second-order valence-electron chi connectivity index (χ2n) is 5.28. The summed E-state index contributed by atoms with van der Waals surface area (Å²) in [5, 5.41) is 3.56. The summed E-state index contributed by atoms with van der Waals surface area (Å²) in [6.07, 6.45) is 4.01. The molecule has 0 aromatic heterocycles. The predicted molar refractivity (Wildman–Crippen MR) is 84.0 cm³/mol. The van der Waals surface area contributed by atoms with Gasteiger partial charge in [0.2, 0.25) is 0 Å². The average Bonchev–Trinajstić information content (AvgIpc) is 2.55. The highest BCUT2D eigenvalue weighted by Gasteiger charge is 2.14. The van der Waals surface area contributed by atoms with Gasteiger partial charge in [0.1, 0.15) is 0 Å². The van der Waals surface area contributed by atoms with Crippen LogP contribution in [0.3, 0.4) is 0 Å². The summed E-state index contributed by atoms with van der Waals surface area (Å²) < 4.78 is 5.78. The normalized spacial score (nSPS) is 18.7. The summed E-state index contributed by atoms with van der Waals surface area (Å²) in [5.74, 6) is 0. The minimum absolute atomic E-state index is 0.354. The summed E-state index contributed by atoms with van der Waals surface area (Å²) in [6.45, 7) is 1.80. The number of benzene rings is 2. The molecule has 2 aromatic carbocycles. The van der Waals surface area contributed by atoms with Crippen LogP contribution in [0.25, 0.3) is 11.1 Å². The van der Waals surface area contributed by atoms with Crippen LogP contribution in [0.2, 0.25) is 0 Å². The lowest BCUT2D eigenvalue weighted by atomic mass is 10.0. The molecule has 1 atom stereocenters. The van der Waals surface area contributed by atoms with Crippen molar-refractivity contribution in [1.29, 1.82) is 0 Å². The Kier molecular flexibility index (Phi) is 4.34. The van der Waals surface area contributed by atoms with Crippen molar-refractivity contribution in [3.63, 3.8) is 0 Å². The maximum atomic E-state index is 5.78. The fourth-order valence-electron chi connectivity index (χ4n) is 2.70. The third kappa shape index (κ3) is 3.20. The first-order chi connectivity index (χ1) is 9.93. The predicted octanol–water partition coefficient (Wildman–Crippen LogP) is 4.33. The minimum Gasteiger partial charge on any atom is -0.382 e. The molecule has 0 bridgehead atoms. The molecule has 1 heterocycles. The zero-order chi connectivity index (χ0) is 13.6. The molecule has 1 aliphatic heterocycles. The SMILES string of the molecule is c1ccc(-c2ccccc2NCC2CCCCO2)cc1. The largest absolute Gasteiger partial charge is 0.382 e. The van der Waals surface area contributed by atoms with Crippen molar-refractivity contribution in [1.82, 2.24) is 0 Å². The van der Waals surface area contributed by atoms with E-state index in [2.05, 4.69) is 59.9 Å². The Labute approximate surface area is 120 Å². The van der Waals surface area contributed by atoms with Crippen molar-refractivity contribution in [3.8, 4) is 11.1 Å². The van der Waals surface area contributed by atoms with Crippen LogP contribution in [0.5, 0.6) is 0 Å². The number of ether oxygens (including phenoxy) is 1. The first kappa shape index (κ1) is 13.2. The van der Waals surface area contributed by atoms with E-state index < -0.39 is 0 Å². The molecule has 0 spiro atoms. The zero-order valence-electron chi connectivity index (χ0n) is 11.7. The van der Waals surface area contributed by atoms with Crippen molar-refractivity contribution >= 4 is 5.69 Å². The van der Waals surface area contributed by atoms with Gasteiger partial charge < -0.3 is 10.1 Å². The van der Waals surface area contributed by atoms with E-state index in [1.54, 1.807) is 0 Å². The van der Waals surface area contributed by atoms with E-state index in [4.69, 9.17) is 4.74 Å². The highest BCUT2D eigenvalue weighted by atomic mass is 16.5. The monoisotopic (exact) mass is 267 g/mol. The summed E-state index contributed by atoms with van der Waals surface area (Å²) in [7, 11) is 0. The number of rotatable bonds is 4. The molecule has 2 heteroatoms. The van der Waals surface area contributed by atoms with Crippen LogP contribution in [-0.4, -0.2) is 19.3 Å². The Morgan fingerprint density at radius 3 is 2.55 bits per heavy atom. The zero-order valence-corrected chi connectivity index (χ0v) is 11.7. The fraction of sp³-hybridized carbons (Fsp3) is 0.333. The fourth-order valence-corrected chi connectivity index (χ4v) is 2.70. The van der Waals surface area contributed by atoms with Crippen LogP contribution < -0.4 is 5.32 Å². The Bertz CT molecular complexity index is 532. The highest BCUT2D eigenvalue weighted by Crippen LogP contribution is 2.27. The number of para-hydroxylation sites is 1. The topological polar surface area (TPSA) is 21.3 Å². The van der Waals surface area contributed by atoms with Gasteiger partial charge in [0, 0.05) is 24.4 Å². The van der Waals surface area contributed by atoms with Crippen molar-refractivity contribution in [2.75, 3.05) is 18.5 Å². The van der Waals surface area contributed by atoms with E-state index in [1.807, 2.05) is 0 Å². The van der Waals surface area contributed by atoms with E-state index in [1.165, 1.54) is 36.1 Å². The molecule has 1 unspecified atom stereocenters. The Hall–Kier alpha value is -1.80. The smallest absolute Gasteiger partial charge is 0.0747 e. The molecule has 0 radical (unpaired) electrons. The molecule has 0 amide bonds. The standard InChI is InChI=1S/C18H21NO/c1-2-8-15(9-3-1)17-11-4-5-12-18(17)19-14-16-10-6-7-13-20-16/h1-5,8-9,11-12,16,19H,6-7,10,13-14H2. The van der Waals surface area contributed by atoms with Crippen molar-refractivity contribution in [2.24, 2.45) is 0 Å². The van der Waals surface area contributed by atoms with Gasteiger partial charge in [-0.2, -0.15) is 0 Å². The van der Waals surface area contributed by atoms with Crippen LogP contribution in [0, 0.1) is 0 Å². The van der Waals surface area contributed by atoms with Crippen molar-refractivity contribution in [3.05, 3.63) is 54.6 Å². The Balaban J connectivity index is 1.73. The van der Waals surface area contributed by atoms with Gasteiger partial charge in [-0.3, -0.25) is 0 Å². The number of hydrogen-bond acceptors (Lipinski definition) is 2. The summed E-state index contributed by atoms with van der Waals surface area (Å²) in [6, 6.07) is 19.0. The molecule has 1 aliphatic rings. The lowest BCUT2D eigenvalue weighted by molar-refractivity contribution is 0.0248. The lowest BCUT2D eigenvalue weighted by Crippen LogP contribution is -2.27. The van der Waals surface area contributed by atoms with Gasteiger partial charge in [-0.05, 0) is 30.9 Å². The molecular formula is C18H21NO. The summed E-state index contributed by atoms with van der Waals surface area (Å²) in [4.78, 5) is 0. The molecule has 1 saturated heterocycles. The number of hydrogen-bond donors (Lipinski definition) is 1. The summed E-state index contributed by atoms with van der Waals surface area (Å²) in [5.41, 5.74) is 3.69. The van der Waals surface area contributed by atoms with E-state index >= 15 is 0 Å². The third-order valence-corrected chi connectivity index (χ3v) is 3.81. The van der Waals surface area contributed by atoms with Gasteiger partial charge >= 0.3 is 0 Å². The van der Waals surface area contributed by atoms with Gasteiger partial charge in [-0.25, -0.2) is 0 Å². The second-order valence-corrected chi connectivity index (χ2v) is 5.28. The molecular weight excluding hydrogens is 246 g/mol. The van der Waals surface area contributed by atoms with E-state index in [9.17, 15) is 0 Å². The Morgan fingerprint density at radius 2 is 1.75 bits per heavy atom. The van der Waals surface area contributed by atoms with Crippen LogP contribution in [-0.2, 0) is 4.74 Å². The van der Waals surface area contributed by atoms with Crippen LogP contribution >= 0.6 is 0 Å². The summed E-state index contributed by atoms with van der Waals surface area (Å²) >= 11 is 0. The van der Waals surface area contributed by atoms with E-state index in [0.29, 0.717) is 6.10 Å². The maximum absolute atomic E-state index is 5.78. The van der Waals surface area contributed by atoms with Crippen LogP contribution in [0.4, 0.5) is 5.69 Å². The Morgan fingerprint density at radius 1 is 0.950 bits per heavy atom. The first-order valence-electron chi connectivity index (χ1n) is 7.43. The van der Waals surface area contributed by atoms with Crippen molar-refractivity contribution in [2.45, 2.75) is 25.4 Å². The second kappa shape index (κ2) is 6.58. The van der Waals surface area contributed by atoms with Crippen LogP contribution in [0.1, 0.15) is 19.3 Å². The average molecular weight is 267 g/mol. The quantitative estimate of drug-likeness (QED) is 0.890. The van der Waals surface area contributed by atoms with E-state index in [-0.39, 0.29) is 0 Å². The molecule has 0 saturated carbocycles. The maximum Gasteiger partial charge on any atom is 0.0747 e. The molecule has 1 fully saturated rings. The van der Waals surface area contributed by atoms with Crippen molar-refractivity contribution < 1.29 is 4.74 Å². The van der Waals surface area contributed by atoms with Gasteiger partial charge in [-0.1, -0.05) is 48.5 Å². The highest BCUT2D eigenvalue weighted by molar-refractivity contribution is 5.77. The molecule has 2 aromatic rings. The lowest BCUT2D eigenvalue weighted by Gasteiger charge is -2.24. The van der Waals surface area contributed by atoms with Gasteiger partial charge in [0.25, 0.3) is 0 Å². The van der Waals surface area contributed by atoms with Gasteiger partial charge in [0.15, 0.2) is 0 Å². The molecule has 3 rings (SSSR count).